The number of esters is 1. The summed E-state index contributed by atoms with van der Waals surface area (Å²) in [6, 6.07) is 18.2. The Morgan fingerprint density at radius 1 is 1.04 bits per heavy atom. The van der Waals surface area contributed by atoms with Crippen LogP contribution >= 0.6 is 0 Å². The van der Waals surface area contributed by atoms with Crippen molar-refractivity contribution in [3.05, 3.63) is 71.8 Å². The van der Waals surface area contributed by atoms with Crippen LogP contribution in [0.5, 0.6) is 0 Å². The Bertz CT molecular complexity index is 720. The van der Waals surface area contributed by atoms with E-state index in [0.29, 0.717) is 5.56 Å². The molecule has 1 fully saturated rings. The summed E-state index contributed by atoms with van der Waals surface area (Å²) in [7, 11) is 1.49. The monoisotopic (exact) mass is 372 g/mol. The molecule has 0 saturated carbocycles. The zero-order chi connectivity index (χ0) is 19.2. The van der Waals surface area contributed by atoms with E-state index in [2.05, 4.69) is 0 Å². The maximum atomic E-state index is 12.4. The van der Waals surface area contributed by atoms with Crippen molar-refractivity contribution in [3.8, 4) is 0 Å². The van der Waals surface area contributed by atoms with Gasteiger partial charge in [0.25, 0.3) is 0 Å². The summed E-state index contributed by atoms with van der Waals surface area (Å²) in [6.07, 6.45) is -4.06. The molecule has 0 aliphatic carbocycles. The largest absolute Gasteiger partial charge is 0.453 e. The van der Waals surface area contributed by atoms with Crippen molar-refractivity contribution >= 4 is 5.97 Å². The molecule has 0 aromatic heterocycles. The number of hydrogen-bond donors (Lipinski definition) is 1. The molecule has 3 rings (SSSR count). The second-order valence-electron chi connectivity index (χ2n) is 6.43. The first-order chi connectivity index (χ1) is 13.1. The maximum Gasteiger partial charge on any atom is 0.338 e. The van der Waals surface area contributed by atoms with E-state index in [1.807, 2.05) is 36.4 Å². The van der Waals surface area contributed by atoms with Gasteiger partial charge in [-0.1, -0.05) is 48.5 Å². The lowest BCUT2D eigenvalue weighted by Gasteiger charge is -2.42. The van der Waals surface area contributed by atoms with Crippen LogP contribution in [0.25, 0.3) is 0 Å². The van der Waals surface area contributed by atoms with Gasteiger partial charge in [0.05, 0.1) is 18.3 Å². The van der Waals surface area contributed by atoms with Crippen molar-refractivity contribution in [2.45, 2.75) is 44.2 Å². The van der Waals surface area contributed by atoms with Crippen LogP contribution in [0.4, 0.5) is 0 Å². The van der Waals surface area contributed by atoms with Crippen molar-refractivity contribution in [2.24, 2.45) is 0 Å². The number of carbonyl (C=O) groups is 1. The lowest BCUT2D eigenvalue weighted by atomic mass is 9.99. The Morgan fingerprint density at radius 3 is 2.30 bits per heavy atom. The maximum absolute atomic E-state index is 12.4. The Morgan fingerprint density at radius 2 is 1.67 bits per heavy atom. The van der Waals surface area contributed by atoms with E-state index < -0.39 is 36.7 Å². The van der Waals surface area contributed by atoms with Gasteiger partial charge < -0.3 is 24.1 Å². The van der Waals surface area contributed by atoms with Crippen LogP contribution in [0.2, 0.25) is 0 Å². The van der Waals surface area contributed by atoms with Crippen molar-refractivity contribution in [1.29, 1.82) is 0 Å². The minimum atomic E-state index is -1.09. The zero-order valence-electron chi connectivity index (χ0n) is 15.4. The summed E-state index contributed by atoms with van der Waals surface area (Å²) in [4.78, 5) is 12.4. The summed E-state index contributed by atoms with van der Waals surface area (Å²) in [5.74, 6) is -0.521. The first kappa shape index (κ1) is 19.5. The molecule has 5 atom stereocenters. The molecule has 1 saturated heterocycles. The minimum Gasteiger partial charge on any atom is -0.453 e. The molecular weight excluding hydrogens is 348 g/mol. The summed E-state index contributed by atoms with van der Waals surface area (Å²) < 4.78 is 22.5. The highest BCUT2D eigenvalue weighted by Crippen LogP contribution is 2.27. The highest BCUT2D eigenvalue weighted by atomic mass is 16.7. The molecule has 144 valence electrons. The fourth-order valence-corrected chi connectivity index (χ4v) is 3.06. The predicted molar refractivity (Wildman–Crippen MR) is 98.0 cm³/mol. The van der Waals surface area contributed by atoms with Gasteiger partial charge in [-0.2, -0.15) is 0 Å². The van der Waals surface area contributed by atoms with Crippen molar-refractivity contribution in [3.63, 3.8) is 0 Å². The number of rotatable bonds is 6. The average Bonchev–Trinajstić information content (AvgIpc) is 2.71. The molecule has 6 heteroatoms. The van der Waals surface area contributed by atoms with Crippen LogP contribution in [0.3, 0.4) is 0 Å². The van der Waals surface area contributed by atoms with Gasteiger partial charge >= 0.3 is 5.97 Å². The molecule has 6 nitrogen and oxygen atoms in total. The van der Waals surface area contributed by atoms with Crippen LogP contribution in [-0.4, -0.2) is 48.9 Å². The summed E-state index contributed by atoms with van der Waals surface area (Å²) in [5.41, 5.74) is 1.36. The number of hydrogen-bond acceptors (Lipinski definition) is 6. The van der Waals surface area contributed by atoms with E-state index in [1.54, 1.807) is 31.2 Å². The average molecular weight is 372 g/mol. The van der Waals surface area contributed by atoms with Gasteiger partial charge in [-0.15, -0.1) is 0 Å². The van der Waals surface area contributed by atoms with E-state index in [4.69, 9.17) is 18.9 Å². The number of aliphatic hydroxyl groups is 1. The molecule has 0 radical (unpaired) electrons. The van der Waals surface area contributed by atoms with Crippen LogP contribution in [0.1, 0.15) is 22.8 Å². The van der Waals surface area contributed by atoms with Gasteiger partial charge in [0, 0.05) is 7.11 Å². The van der Waals surface area contributed by atoms with E-state index in [0.717, 1.165) is 5.56 Å². The quantitative estimate of drug-likeness (QED) is 0.786. The number of ether oxygens (including phenoxy) is 4. The van der Waals surface area contributed by atoms with Gasteiger partial charge in [-0.3, -0.25) is 0 Å². The molecule has 0 unspecified atom stereocenters. The first-order valence-corrected chi connectivity index (χ1v) is 8.88. The highest BCUT2D eigenvalue weighted by Gasteiger charge is 2.46. The lowest BCUT2D eigenvalue weighted by Crippen LogP contribution is -2.59. The van der Waals surface area contributed by atoms with Crippen molar-refractivity contribution < 1.29 is 28.8 Å². The standard InChI is InChI=1S/C21H24O6/c1-14-18(27-20(23)16-11-7-4-8-12-16)17(22)19(21(24-2)26-14)25-13-15-9-5-3-6-10-15/h3-12,14,17-19,21-22H,13H2,1-2H3/t14-,17+,18+,19-,21-/m0/s1. The molecule has 1 aliphatic rings. The molecule has 0 spiro atoms. The Balaban J connectivity index is 1.70. The zero-order valence-corrected chi connectivity index (χ0v) is 15.4. The number of carbonyl (C=O) groups excluding carboxylic acids is 1. The molecule has 1 heterocycles. The van der Waals surface area contributed by atoms with Gasteiger partial charge in [0.1, 0.15) is 12.2 Å². The van der Waals surface area contributed by atoms with E-state index in [1.165, 1.54) is 7.11 Å². The van der Waals surface area contributed by atoms with Crippen molar-refractivity contribution in [1.82, 2.24) is 0 Å². The van der Waals surface area contributed by atoms with Crippen LogP contribution in [0, 0.1) is 0 Å². The fraction of sp³-hybridized carbons (Fsp3) is 0.381. The third-order valence-corrected chi connectivity index (χ3v) is 4.52. The molecule has 1 aliphatic heterocycles. The van der Waals surface area contributed by atoms with Crippen LogP contribution < -0.4 is 0 Å². The Labute approximate surface area is 158 Å². The minimum absolute atomic E-state index is 0.277. The third kappa shape index (κ3) is 4.73. The van der Waals surface area contributed by atoms with Crippen LogP contribution in [-0.2, 0) is 25.6 Å². The summed E-state index contributed by atoms with van der Waals surface area (Å²) >= 11 is 0. The smallest absolute Gasteiger partial charge is 0.338 e. The Hall–Kier alpha value is -2.25. The van der Waals surface area contributed by atoms with E-state index in [-0.39, 0.29) is 6.61 Å². The molecule has 27 heavy (non-hydrogen) atoms. The lowest BCUT2D eigenvalue weighted by molar-refractivity contribution is -0.297. The second kappa shape index (κ2) is 9.10. The third-order valence-electron chi connectivity index (χ3n) is 4.52. The highest BCUT2D eigenvalue weighted by molar-refractivity contribution is 5.89. The summed E-state index contributed by atoms with van der Waals surface area (Å²) in [5, 5.41) is 10.8. The molecule has 0 amide bonds. The van der Waals surface area contributed by atoms with Gasteiger partial charge in [-0.05, 0) is 24.6 Å². The molecule has 2 aromatic carbocycles. The molecule has 1 N–H and O–H groups in total. The number of benzene rings is 2. The van der Waals surface area contributed by atoms with E-state index in [9.17, 15) is 9.90 Å². The Kier molecular flexibility index (Phi) is 6.58. The molecular formula is C21H24O6. The first-order valence-electron chi connectivity index (χ1n) is 8.88. The normalized spacial score (nSPS) is 27.9. The fourth-order valence-electron chi connectivity index (χ4n) is 3.06. The predicted octanol–water partition coefficient (Wildman–Crippen LogP) is 2.55. The second-order valence-corrected chi connectivity index (χ2v) is 6.43. The number of aliphatic hydroxyl groups excluding tert-OH is 1. The van der Waals surface area contributed by atoms with Gasteiger partial charge in [0.15, 0.2) is 12.4 Å². The topological polar surface area (TPSA) is 74.2 Å². The molecule has 0 bridgehead atoms. The van der Waals surface area contributed by atoms with Gasteiger partial charge in [-0.25, -0.2) is 4.79 Å². The van der Waals surface area contributed by atoms with Crippen LogP contribution in [0.15, 0.2) is 60.7 Å². The SMILES string of the molecule is CO[C@H]1O[C@@H](C)[C@@H](OC(=O)c2ccccc2)[C@@H](O)[C@@H]1OCc1ccccc1. The van der Waals surface area contributed by atoms with Gasteiger partial charge in [0.2, 0.25) is 0 Å². The summed E-state index contributed by atoms with van der Waals surface area (Å²) in [6.45, 7) is 2.01. The number of methoxy groups -OCH3 is 1. The molecule has 2 aromatic rings. The van der Waals surface area contributed by atoms with E-state index >= 15 is 0 Å². The van der Waals surface area contributed by atoms with Crippen molar-refractivity contribution in [2.75, 3.05) is 7.11 Å².